The molecule has 2 aromatic carbocycles. The molecule has 0 radical (unpaired) electrons. The Hall–Kier alpha value is -4.17. The summed E-state index contributed by atoms with van der Waals surface area (Å²) in [6, 6.07) is 11.0. The summed E-state index contributed by atoms with van der Waals surface area (Å²) in [5, 5.41) is 22.5. The number of thiophene rings is 1. The van der Waals surface area contributed by atoms with Crippen molar-refractivity contribution in [1.82, 2.24) is 14.5 Å². The lowest BCUT2D eigenvalue weighted by Crippen LogP contribution is -2.53. The number of hydrogen-bond donors (Lipinski definition) is 1. The van der Waals surface area contributed by atoms with Crippen molar-refractivity contribution in [3.63, 3.8) is 0 Å². The normalized spacial score (nSPS) is 14.1. The minimum atomic E-state index is -1.05. The van der Waals surface area contributed by atoms with Crippen molar-refractivity contribution in [3.8, 4) is 22.9 Å². The van der Waals surface area contributed by atoms with Crippen molar-refractivity contribution in [1.29, 1.82) is 5.26 Å². The Balaban J connectivity index is 1.35. The van der Waals surface area contributed by atoms with Crippen LogP contribution >= 0.6 is 34.5 Å². The van der Waals surface area contributed by atoms with Crippen LogP contribution in [-0.4, -0.2) is 45.3 Å². The quantitative estimate of drug-likeness (QED) is 0.199. The van der Waals surface area contributed by atoms with E-state index in [1.807, 2.05) is 11.0 Å². The first kappa shape index (κ1) is 29.9. The second kappa shape index (κ2) is 11.1. The molecular formula is C32H27Cl2N5O4S. The first-order valence-electron chi connectivity index (χ1n) is 13.8. The van der Waals surface area contributed by atoms with Crippen LogP contribution in [0, 0.1) is 30.6 Å². The van der Waals surface area contributed by atoms with Gasteiger partial charge in [0, 0.05) is 40.3 Å². The Morgan fingerprint density at radius 3 is 2.59 bits per heavy atom. The number of ether oxygens (including phenoxy) is 1. The first-order valence-corrected chi connectivity index (χ1v) is 15.5. The number of hydrogen-bond acceptors (Lipinski definition) is 8. The number of carboxylic acid groups (broad SMARTS) is 1. The van der Waals surface area contributed by atoms with Gasteiger partial charge in [-0.25, -0.2) is 9.78 Å². The summed E-state index contributed by atoms with van der Waals surface area (Å²) < 4.78 is 8.44. The van der Waals surface area contributed by atoms with E-state index in [1.54, 1.807) is 43.5 Å². The maximum Gasteiger partial charge on any atom is 0.338 e. The van der Waals surface area contributed by atoms with E-state index in [-0.39, 0.29) is 40.6 Å². The number of anilines is 1. The van der Waals surface area contributed by atoms with E-state index in [0.29, 0.717) is 54.3 Å². The monoisotopic (exact) mass is 647 g/mol. The van der Waals surface area contributed by atoms with Crippen molar-refractivity contribution in [2.24, 2.45) is 5.41 Å². The summed E-state index contributed by atoms with van der Waals surface area (Å²) in [4.78, 5) is 36.8. The SMILES string of the molecule is Cc1cc(-c2cc(Cl)ccc2OCCn2c(C)nc3cc(Cl)c(N4CC(C)(C)C4)c(C#N)c3c2=O)c2scc(C(=O)O)c2n1. The Kier molecular flexibility index (Phi) is 7.52. The minimum Gasteiger partial charge on any atom is -0.491 e. The van der Waals surface area contributed by atoms with Crippen LogP contribution in [0.25, 0.3) is 32.2 Å². The van der Waals surface area contributed by atoms with E-state index in [9.17, 15) is 20.0 Å². The number of aryl methyl sites for hydroxylation is 2. The Labute approximate surface area is 266 Å². The Morgan fingerprint density at radius 2 is 1.91 bits per heavy atom. The number of halogens is 2. The summed E-state index contributed by atoms with van der Waals surface area (Å²) >= 11 is 14.3. The summed E-state index contributed by atoms with van der Waals surface area (Å²) in [5.41, 5.74) is 3.54. The lowest BCUT2D eigenvalue weighted by molar-refractivity contribution is 0.0699. The van der Waals surface area contributed by atoms with Gasteiger partial charge >= 0.3 is 5.97 Å². The first-order chi connectivity index (χ1) is 20.9. The highest BCUT2D eigenvalue weighted by atomic mass is 35.5. The average Bonchev–Trinajstić information content (AvgIpc) is 3.37. The van der Waals surface area contributed by atoms with Crippen molar-refractivity contribution >= 4 is 67.3 Å². The zero-order chi connectivity index (χ0) is 31.5. The molecule has 44 heavy (non-hydrogen) atoms. The molecular weight excluding hydrogens is 621 g/mol. The lowest BCUT2D eigenvalue weighted by atomic mass is 9.83. The van der Waals surface area contributed by atoms with Gasteiger partial charge in [-0.05, 0) is 49.6 Å². The van der Waals surface area contributed by atoms with E-state index in [0.717, 1.165) is 18.7 Å². The molecule has 0 amide bonds. The smallest absolute Gasteiger partial charge is 0.338 e. The number of fused-ring (bicyclic) bond motifs is 2. The third-order valence-electron chi connectivity index (χ3n) is 7.72. The average molecular weight is 649 g/mol. The summed E-state index contributed by atoms with van der Waals surface area (Å²) in [6.07, 6.45) is 0. The van der Waals surface area contributed by atoms with Gasteiger partial charge in [0.2, 0.25) is 0 Å². The number of pyridine rings is 1. The molecule has 1 saturated heterocycles. The maximum absolute atomic E-state index is 13.8. The van der Waals surface area contributed by atoms with Crippen LogP contribution in [0.4, 0.5) is 5.69 Å². The van der Waals surface area contributed by atoms with Crippen LogP contribution in [0.1, 0.15) is 41.3 Å². The largest absolute Gasteiger partial charge is 0.491 e. The van der Waals surface area contributed by atoms with Gasteiger partial charge in [-0.3, -0.25) is 14.3 Å². The topological polar surface area (TPSA) is 121 Å². The molecule has 0 unspecified atom stereocenters. The van der Waals surface area contributed by atoms with E-state index in [4.69, 9.17) is 27.9 Å². The maximum atomic E-state index is 13.8. The van der Waals surface area contributed by atoms with E-state index >= 15 is 0 Å². The number of rotatable bonds is 7. The molecule has 12 heteroatoms. The fourth-order valence-corrected chi connectivity index (χ4v) is 7.35. The molecule has 1 fully saturated rings. The number of aromatic carboxylic acids is 1. The van der Waals surface area contributed by atoms with Gasteiger partial charge in [0.15, 0.2) is 0 Å². The third-order valence-corrected chi connectivity index (χ3v) is 9.24. The molecule has 1 aliphatic heterocycles. The summed E-state index contributed by atoms with van der Waals surface area (Å²) in [6.45, 7) is 9.55. The van der Waals surface area contributed by atoms with Crippen LogP contribution in [0.15, 0.2) is 40.5 Å². The number of benzene rings is 2. The van der Waals surface area contributed by atoms with Gasteiger partial charge in [0.1, 0.15) is 24.3 Å². The van der Waals surface area contributed by atoms with E-state index in [2.05, 4.69) is 29.9 Å². The van der Waals surface area contributed by atoms with Gasteiger partial charge in [0.25, 0.3) is 5.56 Å². The van der Waals surface area contributed by atoms with Gasteiger partial charge in [0.05, 0.1) is 49.5 Å². The van der Waals surface area contributed by atoms with Crippen LogP contribution < -0.4 is 15.2 Å². The van der Waals surface area contributed by atoms with Crippen molar-refractivity contribution in [2.75, 3.05) is 24.6 Å². The number of nitrogens with zero attached hydrogens (tertiary/aromatic N) is 5. The van der Waals surface area contributed by atoms with Crippen LogP contribution in [-0.2, 0) is 6.54 Å². The van der Waals surface area contributed by atoms with Crippen molar-refractivity contribution < 1.29 is 14.6 Å². The summed E-state index contributed by atoms with van der Waals surface area (Å²) in [7, 11) is 0. The zero-order valence-electron chi connectivity index (χ0n) is 24.4. The zero-order valence-corrected chi connectivity index (χ0v) is 26.7. The molecule has 1 aliphatic rings. The lowest BCUT2D eigenvalue weighted by Gasteiger charge is -2.48. The molecule has 0 aliphatic carbocycles. The van der Waals surface area contributed by atoms with Crippen LogP contribution in [0.3, 0.4) is 0 Å². The number of carbonyl (C=O) groups is 1. The molecule has 5 aromatic rings. The molecule has 224 valence electrons. The molecule has 0 saturated carbocycles. The van der Waals surface area contributed by atoms with Crippen LogP contribution in [0.5, 0.6) is 5.75 Å². The number of aromatic nitrogens is 3. The predicted octanol–water partition coefficient (Wildman–Crippen LogP) is 7.09. The van der Waals surface area contributed by atoms with E-state index in [1.165, 1.54) is 15.9 Å². The summed E-state index contributed by atoms with van der Waals surface area (Å²) in [5.74, 6) is -0.0694. The second-order valence-electron chi connectivity index (χ2n) is 11.7. The fourth-order valence-electron chi connectivity index (χ4n) is 5.85. The number of carboxylic acids is 1. The second-order valence-corrected chi connectivity index (χ2v) is 13.4. The van der Waals surface area contributed by atoms with Crippen LogP contribution in [0.2, 0.25) is 10.0 Å². The third kappa shape index (κ3) is 5.15. The van der Waals surface area contributed by atoms with Gasteiger partial charge in [-0.1, -0.05) is 37.0 Å². The molecule has 0 bridgehead atoms. The van der Waals surface area contributed by atoms with Gasteiger partial charge < -0.3 is 14.7 Å². The molecule has 3 aromatic heterocycles. The molecule has 0 spiro atoms. The molecule has 9 nitrogen and oxygen atoms in total. The Morgan fingerprint density at radius 1 is 1.16 bits per heavy atom. The highest BCUT2D eigenvalue weighted by Gasteiger charge is 2.37. The molecule has 6 rings (SSSR count). The van der Waals surface area contributed by atoms with Crippen molar-refractivity contribution in [3.05, 3.63) is 78.8 Å². The van der Waals surface area contributed by atoms with E-state index < -0.39 is 5.97 Å². The predicted molar refractivity (Wildman–Crippen MR) is 174 cm³/mol. The van der Waals surface area contributed by atoms with Gasteiger partial charge in [-0.2, -0.15) is 5.26 Å². The molecule has 4 heterocycles. The highest BCUT2D eigenvalue weighted by molar-refractivity contribution is 7.18. The van der Waals surface area contributed by atoms with Gasteiger partial charge in [-0.15, -0.1) is 11.3 Å². The molecule has 0 atom stereocenters. The number of nitriles is 1. The highest BCUT2D eigenvalue weighted by Crippen LogP contribution is 2.42. The Bertz CT molecular complexity index is 2110. The standard InChI is InChI=1S/C32H27Cl2N5O4S/c1-16-9-20(29-27(36-16)22(13-44-29)31(41)42)19-10-18(33)5-6-25(19)43-8-7-39-17(2)37-24-11-23(34)28(38-14-32(3,4)15-38)21(12-35)26(24)30(39)40/h5-6,9-11,13H,7-8,14-15H2,1-4H3,(H,41,42). The molecule has 1 N–H and O–H groups in total. The van der Waals surface area contributed by atoms with Crippen molar-refractivity contribution in [2.45, 2.75) is 34.2 Å². The minimum absolute atomic E-state index is 0.0946. The fraction of sp³-hybridized carbons (Fsp3) is 0.281.